The molecule has 15 heavy (non-hydrogen) atoms. The Morgan fingerprint density at radius 1 is 1.40 bits per heavy atom. The fourth-order valence-corrected chi connectivity index (χ4v) is 1.59. The van der Waals surface area contributed by atoms with Crippen LogP contribution in [-0.2, 0) is 11.2 Å². The summed E-state index contributed by atoms with van der Waals surface area (Å²) < 4.78 is 0. The van der Waals surface area contributed by atoms with Crippen molar-refractivity contribution in [2.45, 2.75) is 13.3 Å². The van der Waals surface area contributed by atoms with Crippen LogP contribution >= 0.6 is 0 Å². The third-order valence-electron chi connectivity index (χ3n) is 2.27. The number of aromatic nitrogens is 1. The zero-order valence-corrected chi connectivity index (χ0v) is 8.53. The van der Waals surface area contributed by atoms with Crippen LogP contribution in [0.5, 0.6) is 0 Å². The van der Waals surface area contributed by atoms with Gasteiger partial charge < -0.3 is 5.73 Å². The molecule has 0 unspecified atom stereocenters. The summed E-state index contributed by atoms with van der Waals surface area (Å²) in [7, 11) is 0. The van der Waals surface area contributed by atoms with Crippen LogP contribution < -0.4 is 5.73 Å². The number of carbonyl (C=O) groups excluding carboxylic acids is 1. The number of amides is 1. The summed E-state index contributed by atoms with van der Waals surface area (Å²) in [6.07, 6.45) is 1.94. The molecule has 0 spiro atoms. The first-order valence-electron chi connectivity index (χ1n) is 4.79. The number of hydrogen-bond donors (Lipinski definition) is 1. The Labute approximate surface area is 87.9 Å². The minimum atomic E-state index is -0.330. The van der Waals surface area contributed by atoms with Crippen molar-refractivity contribution in [2.75, 3.05) is 0 Å². The zero-order chi connectivity index (χ0) is 10.8. The average molecular weight is 200 g/mol. The summed E-state index contributed by atoms with van der Waals surface area (Å²) in [5.74, 6) is -0.330. The molecule has 0 saturated heterocycles. The number of nitrogens with two attached hydrogens (primary N) is 1. The summed E-state index contributed by atoms with van der Waals surface area (Å²) in [5.41, 5.74) is 8.11. The molecule has 1 aromatic heterocycles. The smallest absolute Gasteiger partial charge is 0.221 e. The fraction of sp³-hybridized carbons (Fsp3) is 0.167. The molecule has 0 saturated carbocycles. The van der Waals surface area contributed by atoms with E-state index in [1.807, 2.05) is 31.2 Å². The second-order valence-electron chi connectivity index (χ2n) is 3.68. The summed E-state index contributed by atoms with van der Waals surface area (Å²) in [5, 5.41) is 1.05. The van der Waals surface area contributed by atoms with E-state index in [4.69, 9.17) is 5.73 Å². The summed E-state index contributed by atoms with van der Waals surface area (Å²) in [6.45, 7) is 2.03. The first-order chi connectivity index (χ1) is 7.15. The standard InChI is InChI=1S/C12H12N2O/c1-8-2-3-11-10(4-8)5-9(7-14-11)6-12(13)15/h2-5,7H,6H2,1H3,(H2,13,15). The molecule has 0 bridgehead atoms. The van der Waals surface area contributed by atoms with Gasteiger partial charge in [-0.15, -0.1) is 0 Å². The van der Waals surface area contributed by atoms with Crippen LogP contribution in [-0.4, -0.2) is 10.9 Å². The SMILES string of the molecule is Cc1ccc2ncc(CC(N)=O)cc2c1. The summed E-state index contributed by atoms with van der Waals surface area (Å²) >= 11 is 0. The number of pyridine rings is 1. The highest BCUT2D eigenvalue weighted by molar-refractivity contribution is 5.82. The van der Waals surface area contributed by atoms with E-state index in [9.17, 15) is 4.79 Å². The van der Waals surface area contributed by atoms with Gasteiger partial charge in [-0.2, -0.15) is 0 Å². The lowest BCUT2D eigenvalue weighted by Crippen LogP contribution is -2.13. The second kappa shape index (κ2) is 3.69. The van der Waals surface area contributed by atoms with Crippen molar-refractivity contribution >= 4 is 16.8 Å². The Morgan fingerprint density at radius 2 is 2.20 bits per heavy atom. The van der Waals surface area contributed by atoms with Gasteiger partial charge in [0.15, 0.2) is 0 Å². The van der Waals surface area contributed by atoms with Crippen molar-refractivity contribution in [1.82, 2.24) is 4.98 Å². The van der Waals surface area contributed by atoms with Crippen molar-refractivity contribution in [1.29, 1.82) is 0 Å². The van der Waals surface area contributed by atoms with Crippen LogP contribution in [0.25, 0.3) is 10.9 Å². The lowest BCUT2D eigenvalue weighted by atomic mass is 10.1. The number of benzene rings is 1. The van der Waals surface area contributed by atoms with E-state index in [-0.39, 0.29) is 12.3 Å². The van der Waals surface area contributed by atoms with E-state index in [1.165, 1.54) is 5.56 Å². The Kier molecular flexibility index (Phi) is 2.37. The van der Waals surface area contributed by atoms with Gasteiger partial charge in [-0.3, -0.25) is 9.78 Å². The molecule has 2 N–H and O–H groups in total. The lowest BCUT2D eigenvalue weighted by Gasteiger charge is -2.01. The van der Waals surface area contributed by atoms with Crippen LogP contribution in [0.1, 0.15) is 11.1 Å². The molecular formula is C12H12N2O. The lowest BCUT2D eigenvalue weighted by molar-refractivity contribution is -0.117. The Bertz CT molecular complexity index is 520. The Morgan fingerprint density at radius 3 is 2.93 bits per heavy atom. The summed E-state index contributed by atoms with van der Waals surface area (Å²) in [4.78, 5) is 15.0. The maximum absolute atomic E-state index is 10.8. The number of rotatable bonds is 2. The van der Waals surface area contributed by atoms with Crippen LogP contribution in [0.4, 0.5) is 0 Å². The minimum absolute atomic E-state index is 0.247. The quantitative estimate of drug-likeness (QED) is 0.800. The number of primary amides is 1. The van der Waals surface area contributed by atoms with Gasteiger partial charge in [0.2, 0.25) is 5.91 Å². The number of aryl methyl sites for hydroxylation is 1. The van der Waals surface area contributed by atoms with Crippen LogP contribution in [0, 0.1) is 6.92 Å². The molecule has 1 heterocycles. The maximum atomic E-state index is 10.8. The van der Waals surface area contributed by atoms with Crippen molar-refractivity contribution < 1.29 is 4.79 Å². The van der Waals surface area contributed by atoms with E-state index < -0.39 is 0 Å². The molecule has 76 valence electrons. The van der Waals surface area contributed by atoms with Gasteiger partial charge in [-0.05, 0) is 30.7 Å². The van der Waals surface area contributed by atoms with E-state index in [1.54, 1.807) is 6.20 Å². The van der Waals surface area contributed by atoms with Crippen molar-refractivity contribution in [3.63, 3.8) is 0 Å². The molecular weight excluding hydrogens is 188 g/mol. The van der Waals surface area contributed by atoms with Crippen LogP contribution in [0.15, 0.2) is 30.5 Å². The minimum Gasteiger partial charge on any atom is -0.369 e. The van der Waals surface area contributed by atoms with Gasteiger partial charge in [0.25, 0.3) is 0 Å². The van der Waals surface area contributed by atoms with Crippen molar-refractivity contribution in [3.05, 3.63) is 41.6 Å². The largest absolute Gasteiger partial charge is 0.369 e. The maximum Gasteiger partial charge on any atom is 0.221 e. The molecule has 3 nitrogen and oxygen atoms in total. The Balaban J connectivity index is 2.49. The molecule has 0 radical (unpaired) electrons. The van der Waals surface area contributed by atoms with Gasteiger partial charge in [0, 0.05) is 11.6 Å². The molecule has 2 rings (SSSR count). The van der Waals surface area contributed by atoms with E-state index in [0.717, 1.165) is 16.5 Å². The third kappa shape index (κ3) is 2.13. The van der Waals surface area contributed by atoms with Crippen LogP contribution in [0.2, 0.25) is 0 Å². The van der Waals surface area contributed by atoms with Gasteiger partial charge in [-0.1, -0.05) is 11.6 Å². The molecule has 3 heteroatoms. The first kappa shape index (κ1) is 9.65. The molecule has 1 aromatic carbocycles. The molecule has 0 aliphatic rings. The molecule has 0 aliphatic heterocycles. The highest BCUT2D eigenvalue weighted by atomic mass is 16.1. The number of carbonyl (C=O) groups is 1. The van der Waals surface area contributed by atoms with E-state index >= 15 is 0 Å². The average Bonchev–Trinajstić information content (AvgIpc) is 2.16. The molecule has 0 fully saturated rings. The monoisotopic (exact) mass is 200 g/mol. The zero-order valence-electron chi connectivity index (χ0n) is 8.53. The van der Waals surface area contributed by atoms with Crippen molar-refractivity contribution in [2.24, 2.45) is 5.73 Å². The molecule has 0 atom stereocenters. The van der Waals surface area contributed by atoms with Gasteiger partial charge in [-0.25, -0.2) is 0 Å². The predicted molar refractivity (Wildman–Crippen MR) is 59.4 cm³/mol. The van der Waals surface area contributed by atoms with Crippen LogP contribution in [0.3, 0.4) is 0 Å². The normalized spacial score (nSPS) is 10.5. The number of nitrogens with zero attached hydrogens (tertiary/aromatic N) is 1. The number of hydrogen-bond acceptors (Lipinski definition) is 2. The predicted octanol–water partition coefficient (Wildman–Crippen LogP) is 1.57. The van der Waals surface area contributed by atoms with Gasteiger partial charge in [0.05, 0.1) is 11.9 Å². The van der Waals surface area contributed by atoms with Crippen molar-refractivity contribution in [3.8, 4) is 0 Å². The van der Waals surface area contributed by atoms with Gasteiger partial charge >= 0.3 is 0 Å². The molecule has 1 amide bonds. The summed E-state index contributed by atoms with van der Waals surface area (Å²) in [6, 6.07) is 7.99. The highest BCUT2D eigenvalue weighted by Gasteiger charge is 2.01. The first-order valence-corrected chi connectivity index (χ1v) is 4.79. The highest BCUT2D eigenvalue weighted by Crippen LogP contribution is 2.15. The van der Waals surface area contributed by atoms with E-state index in [0.29, 0.717) is 0 Å². The van der Waals surface area contributed by atoms with E-state index in [2.05, 4.69) is 4.98 Å². The Hall–Kier alpha value is -1.90. The van der Waals surface area contributed by atoms with Gasteiger partial charge in [0.1, 0.15) is 0 Å². The topological polar surface area (TPSA) is 56.0 Å². The fourth-order valence-electron chi connectivity index (χ4n) is 1.59. The molecule has 2 aromatic rings. The molecule has 0 aliphatic carbocycles. The number of fused-ring (bicyclic) bond motifs is 1. The third-order valence-corrected chi connectivity index (χ3v) is 2.27. The second-order valence-corrected chi connectivity index (χ2v) is 3.68.